The predicted molar refractivity (Wildman–Crippen MR) is 137 cm³/mol. The summed E-state index contributed by atoms with van der Waals surface area (Å²) in [5, 5.41) is 12.1. The SMILES string of the molecule is CN(CC1(Cl)C(=O)N(C2CCN(C3Cc4cccc5cccc3c45)CC2)c2ccccc21)C(=O)O. The molecule has 7 heteroatoms. The average Bonchev–Trinajstić information content (AvgIpc) is 3.34. The van der Waals surface area contributed by atoms with Crippen LogP contribution in [0.3, 0.4) is 0 Å². The van der Waals surface area contributed by atoms with E-state index in [0.29, 0.717) is 11.6 Å². The van der Waals surface area contributed by atoms with Crippen molar-refractivity contribution in [3.8, 4) is 0 Å². The second-order valence-electron chi connectivity index (χ2n) is 9.98. The zero-order valence-electron chi connectivity index (χ0n) is 19.7. The number of fused-ring (bicyclic) bond motifs is 1. The molecule has 6 rings (SSSR count). The Morgan fingerprint density at radius 1 is 1.09 bits per heavy atom. The number of amides is 2. The summed E-state index contributed by atoms with van der Waals surface area (Å²) < 4.78 is 0. The number of anilines is 1. The second-order valence-corrected chi connectivity index (χ2v) is 10.6. The van der Waals surface area contributed by atoms with Gasteiger partial charge in [0.1, 0.15) is 0 Å². The van der Waals surface area contributed by atoms with Gasteiger partial charge in [-0.05, 0) is 47.2 Å². The monoisotopic (exact) mass is 489 g/mol. The molecule has 35 heavy (non-hydrogen) atoms. The van der Waals surface area contributed by atoms with Gasteiger partial charge in [0.15, 0.2) is 4.87 Å². The molecule has 3 aromatic carbocycles. The molecule has 1 fully saturated rings. The summed E-state index contributed by atoms with van der Waals surface area (Å²) in [4.78, 5) is 29.3. The summed E-state index contributed by atoms with van der Waals surface area (Å²) in [6, 6.07) is 21.1. The molecule has 2 amide bonds. The number of rotatable bonds is 4. The van der Waals surface area contributed by atoms with E-state index in [4.69, 9.17) is 11.6 Å². The number of para-hydroxylation sites is 1. The fraction of sp³-hybridized carbons (Fsp3) is 0.357. The number of likely N-dealkylation sites (tertiary alicyclic amines) is 1. The van der Waals surface area contributed by atoms with Gasteiger partial charge in [0, 0.05) is 43.5 Å². The number of carbonyl (C=O) groups excluding carboxylic acids is 1. The van der Waals surface area contributed by atoms with Crippen LogP contribution in [0.4, 0.5) is 10.5 Å². The van der Waals surface area contributed by atoms with E-state index in [1.165, 1.54) is 28.9 Å². The topological polar surface area (TPSA) is 64.1 Å². The van der Waals surface area contributed by atoms with Crippen molar-refractivity contribution >= 4 is 40.1 Å². The predicted octanol–water partition coefficient (Wildman–Crippen LogP) is 4.99. The third-order valence-electron chi connectivity index (χ3n) is 8.03. The number of likely N-dealkylation sites (N-methyl/N-ethyl adjacent to an activating group) is 1. The molecule has 0 saturated carbocycles. The minimum atomic E-state index is -1.40. The normalized spacial score (nSPS) is 24.2. The van der Waals surface area contributed by atoms with Gasteiger partial charge in [-0.3, -0.25) is 9.69 Å². The Balaban J connectivity index is 1.23. The number of carboxylic acid groups (broad SMARTS) is 1. The molecule has 2 atom stereocenters. The molecule has 180 valence electrons. The first-order valence-electron chi connectivity index (χ1n) is 12.2. The molecule has 1 N–H and O–H groups in total. The molecule has 0 bridgehead atoms. The van der Waals surface area contributed by atoms with Crippen molar-refractivity contribution in [2.24, 2.45) is 0 Å². The zero-order valence-corrected chi connectivity index (χ0v) is 20.4. The van der Waals surface area contributed by atoms with Crippen molar-refractivity contribution in [1.82, 2.24) is 9.80 Å². The van der Waals surface area contributed by atoms with Gasteiger partial charge < -0.3 is 14.9 Å². The van der Waals surface area contributed by atoms with E-state index in [9.17, 15) is 14.7 Å². The number of alkyl halides is 1. The Hall–Kier alpha value is -3.09. The van der Waals surface area contributed by atoms with E-state index >= 15 is 0 Å². The van der Waals surface area contributed by atoms with Crippen molar-refractivity contribution in [3.05, 3.63) is 77.4 Å². The summed E-state index contributed by atoms with van der Waals surface area (Å²) in [6.07, 6.45) is 1.63. The van der Waals surface area contributed by atoms with Crippen LogP contribution in [0.1, 0.15) is 35.6 Å². The van der Waals surface area contributed by atoms with Crippen molar-refractivity contribution in [1.29, 1.82) is 0 Å². The first kappa shape index (κ1) is 22.4. The molecule has 2 aliphatic heterocycles. The molecule has 2 heterocycles. The third-order valence-corrected chi connectivity index (χ3v) is 8.52. The summed E-state index contributed by atoms with van der Waals surface area (Å²) >= 11 is 6.93. The van der Waals surface area contributed by atoms with Crippen LogP contribution in [0.15, 0.2) is 60.7 Å². The van der Waals surface area contributed by atoms with Gasteiger partial charge in [-0.2, -0.15) is 0 Å². The fourth-order valence-electron chi connectivity index (χ4n) is 6.34. The quantitative estimate of drug-likeness (QED) is 0.524. The molecular weight excluding hydrogens is 462 g/mol. The number of hydrogen-bond acceptors (Lipinski definition) is 3. The Labute approximate surface area is 209 Å². The standard InChI is InChI=1S/C28H28ClN3O3/c1-30(27(34)35)17-28(29)22-10-2-3-11-23(22)32(26(28)33)20-12-14-31(15-13-20)24-16-19-8-4-6-18-7-5-9-21(24)25(18)19/h2-11,20,24H,12-17H2,1H3,(H,34,35). The first-order chi connectivity index (χ1) is 16.9. The van der Waals surface area contributed by atoms with Gasteiger partial charge in [0.2, 0.25) is 0 Å². The lowest BCUT2D eigenvalue weighted by Crippen LogP contribution is -2.51. The Morgan fingerprint density at radius 2 is 1.80 bits per heavy atom. The van der Waals surface area contributed by atoms with Crippen LogP contribution in [-0.2, 0) is 16.1 Å². The largest absolute Gasteiger partial charge is 0.465 e. The molecule has 3 aromatic rings. The zero-order chi connectivity index (χ0) is 24.3. The first-order valence-corrected chi connectivity index (χ1v) is 12.6. The highest BCUT2D eigenvalue weighted by Gasteiger charge is 2.53. The smallest absolute Gasteiger partial charge is 0.407 e. The van der Waals surface area contributed by atoms with Crippen molar-refractivity contribution in [2.75, 3.05) is 31.6 Å². The summed E-state index contributed by atoms with van der Waals surface area (Å²) in [7, 11) is 1.45. The minimum absolute atomic E-state index is 0.0372. The van der Waals surface area contributed by atoms with E-state index in [0.717, 1.165) is 42.9 Å². The molecule has 0 spiro atoms. The molecule has 1 aliphatic carbocycles. The molecule has 1 saturated heterocycles. The molecule has 6 nitrogen and oxygen atoms in total. The third kappa shape index (κ3) is 3.42. The molecule has 2 unspecified atom stereocenters. The summed E-state index contributed by atoms with van der Waals surface area (Å²) in [6.45, 7) is 1.71. The van der Waals surface area contributed by atoms with Crippen LogP contribution in [0, 0.1) is 0 Å². The Kier molecular flexibility index (Phi) is 5.27. The maximum atomic E-state index is 13.7. The van der Waals surface area contributed by atoms with Crippen LogP contribution in [0.2, 0.25) is 0 Å². The second kappa shape index (κ2) is 8.25. The molecule has 0 aromatic heterocycles. The number of hydrogen-bond donors (Lipinski definition) is 1. The average molecular weight is 490 g/mol. The maximum absolute atomic E-state index is 13.7. The van der Waals surface area contributed by atoms with Gasteiger partial charge in [-0.25, -0.2) is 4.79 Å². The number of piperidine rings is 1. The molecular formula is C28H28ClN3O3. The van der Waals surface area contributed by atoms with E-state index in [1.54, 1.807) is 0 Å². The van der Waals surface area contributed by atoms with Gasteiger partial charge in [-0.15, -0.1) is 11.6 Å². The molecule has 0 radical (unpaired) electrons. The van der Waals surface area contributed by atoms with Crippen LogP contribution >= 0.6 is 11.6 Å². The highest BCUT2D eigenvalue weighted by molar-refractivity contribution is 6.39. The van der Waals surface area contributed by atoms with Crippen molar-refractivity contribution in [2.45, 2.75) is 36.2 Å². The summed E-state index contributed by atoms with van der Waals surface area (Å²) in [5.74, 6) is -0.218. The summed E-state index contributed by atoms with van der Waals surface area (Å²) in [5.41, 5.74) is 4.34. The number of halogens is 1. The Morgan fingerprint density at radius 3 is 2.54 bits per heavy atom. The maximum Gasteiger partial charge on any atom is 0.407 e. The van der Waals surface area contributed by atoms with E-state index < -0.39 is 11.0 Å². The van der Waals surface area contributed by atoms with E-state index in [1.807, 2.05) is 29.2 Å². The van der Waals surface area contributed by atoms with Gasteiger partial charge >= 0.3 is 6.09 Å². The Bertz CT molecular complexity index is 1330. The fourth-order valence-corrected chi connectivity index (χ4v) is 6.77. The van der Waals surface area contributed by atoms with Crippen LogP contribution in [0.5, 0.6) is 0 Å². The highest BCUT2D eigenvalue weighted by Crippen LogP contribution is 2.48. The lowest BCUT2D eigenvalue weighted by Gasteiger charge is -2.40. The van der Waals surface area contributed by atoms with Crippen LogP contribution in [-0.4, -0.2) is 59.6 Å². The number of benzene rings is 3. The van der Waals surface area contributed by atoms with Gasteiger partial charge in [-0.1, -0.05) is 54.6 Å². The van der Waals surface area contributed by atoms with Crippen LogP contribution < -0.4 is 4.90 Å². The lowest BCUT2D eigenvalue weighted by atomic mass is 9.98. The van der Waals surface area contributed by atoms with Gasteiger partial charge in [0.05, 0.1) is 6.54 Å². The van der Waals surface area contributed by atoms with Crippen molar-refractivity contribution < 1.29 is 14.7 Å². The number of nitrogens with zero attached hydrogens (tertiary/aromatic N) is 3. The molecule has 3 aliphatic rings. The van der Waals surface area contributed by atoms with Crippen molar-refractivity contribution in [3.63, 3.8) is 0 Å². The minimum Gasteiger partial charge on any atom is -0.465 e. The number of carbonyl (C=O) groups is 2. The van der Waals surface area contributed by atoms with Gasteiger partial charge in [0.25, 0.3) is 5.91 Å². The highest BCUT2D eigenvalue weighted by atomic mass is 35.5. The van der Waals surface area contributed by atoms with E-state index in [2.05, 4.69) is 41.3 Å². The lowest BCUT2D eigenvalue weighted by molar-refractivity contribution is -0.121. The van der Waals surface area contributed by atoms with E-state index in [-0.39, 0.29) is 18.5 Å². The van der Waals surface area contributed by atoms with Crippen LogP contribution in [0.25, 0.3) is 10.8 Å².